The molecule has 0 aliphatic carbocycles. The molecule has 3 rings (SSSR count). The molecule has 0 bridgehead atoms. The summed E-state index contributed by atoms with van der Waals surface area (Å²) in [5.74, 6) is 0.388. The summed E-state index contributed by atoms with van der Waals surface area (Å²) >= 11 is 0. The van der Waals surface area contributed by atoms with Crippen LogP contribution in [0.25, 0.3) is 0 Å². The van der Waals surface area contributed by atoms with Gasteiger partial charge in [0.1, 0.15) is 30.8 Å². The van der Waals surface area contributed by atoms with Gasteiger partial charge in [-0.25, -0.2) is 4.39 Å². The average molecular weight is 224 g/mol. The van der Waals surface area contributed by atoms with Gasteiger partial charge >= 0.3 is 7.12 Å². The van der Waals surface area contributed by atoms with E-state index in [0.29, 0.717) is 36.5 Å². The van der Waals surface area contributed by atoms with Crippen LogP contribution >= 0.6 is 0 Å². The minimum absolute atomic E-state index is 0.274. The molecule has 4 nitrogen and oxygen atoms in total. The zero-order valence-electron chi connectivity index (χ0n) is 8.74. The van der Waals surface area contributed by atoms with Crippen LogP contribution in [-0.2, 0) is 9.31 Å². The van der Waals surface area contributed by atoms with Gasteiger partial charge in [0.15, 0.2) is 0 Å². The molecule has 0 saturated heterocycles. The Balaban J connectivity index is 2.17. The maximum absolute atomic E-state index is 13.8. The summed E-state index contributed by atoms with van der Waals surface area (Å²) in [4.78, 5) is 0. The molecule has 6 heteroatoms. The van der Waals surface area contributed by atoms with Gasteiger partial charge in [-0.3, -0.25) is 0 Å². The van der Waals surface area contributed by atoms with Gasteiger partial charge in [-0.1, -0.05) is 0 Å². The van der Waals surface area contributed by atoms with E-state index >= 15 is 0 Å². The van der Waals surface area contributed by atoms with E-state index in [4.69, 9.17) is 14.0 Å². The zero-order chi connectivity index (χ0) is 11.1. The van der Waals surface area contributed by atoms with E-state index in [9.17, 15) is 4.39 Å². The summed E-state index contributed by atoms with van der Waals surface area (Å²) in [6.45, 7) is 1.39. The highest BCUT2D eigenvalue weighted by atomic mass is 19.1. The maximum atomic E-state index is 13.8. The van der Waals surface area contributed by atoms with Crippen molar-refractivity contribution in [1.82, 2.24) is 0 Å². The van der Waals surface area contributed by atoms with Crippen molar-refractivity contribution in [2.24, 2.45) is 0 Å². The van der Waals surface area contributed by atoms with Gasteiger partial charge in [-0.05, 0) is 12.1 Å². The standard InChI is InChI=1S/C10H11BFNO3/c12-6-1-2-7-10-9(6)8(5-13)16-11(10)15-4-3-14-7/h1-2,8H,3-5,13H2/p+1. The van der Waals surface area contributed by atoms with Crippen LogP contribution in [0.3, 0.4) is 0 Å². The Bertz CT molecular complexity index is 429. The monoisotopic (exact) mass is 224 g/mol. The van der Waals surface area contributed by atoms with Crippen LogP contribution in [0.2, 0.25) is 0 Å². The predicted octanol–water partition coefficient (Wildman–Crippen LogP) is -0.757. The average Bonchev–Trinajstić information content (AvgIpc) is 2.55. The third-order valence-electron chi connectivity index (χ3n) is 2.91. The lowest BCUT2D eigenvalue weighted by Crippen LogP contribution is -2.53. The molecule has 0 saturated carbocycles. The van der Waals surface area contributed by atoms with Gasteiger partial charge in [-0.15, -0.1) is 0 Å². The summed E-state index contributed by atoms with van der Waals surface area (Å²) in [6, 6.07) is 3.04. The first-order valence-electron chi connectivity index (χ1n) is 5.32. The van der Waals surface area contributed by atoms with E-state index in [1.807, 2.05) is 0 Å². The topological polar surface area (TPSA) is 55.3 Å². The van der Waals surface area contributed by atoms with Gasteiger partial charge < -0.3 is 19.8 Å². The van der Waals surface area contributed by atoms with Crippen LogP contribution in [0.5, 0.6) is 5.75 Å². The van der Waals surface area contributed by atoms with E-state index in [1.165, 1.54) is 6.07 Å². The molecule has 84 valence electrons. The first-order chi connectivity index (χ1) is 7.81. The van der Waals surface area contributed by atoms with Crippen molar-refractivity contribution in [3.63, 3.8) is 0 Å². The van der Waals surface area contributed by atoms with E-state index in [2.05, 4.69) is 5.73 Å². The molecule has 1 unspecified atom stereocenters. The SMILES string of the molecule is [NH3+]CC1OB2OCCOc3ccc(F)c1c32. The van der Waals surface area contributed by atoms with Crippen LogP contribution < -0.4 is 15.9 Å². The first-order valence-corrected chi connectivity index (χ1v) is 5.32. The molecule has 0 aromatic heterocycles. The third kappa shape index (κ3) is 1.34. The van der Waals surface area contributed by atoms with Crippen molar-refractivity contribution < 1.29 is 24.2 Å². The maximum Gasteiger partial charge on any atom is 0.498 e. The Labute approximate surface area is 92.6 Å². The Morgan fingerprint density at radius 3 is 3.12 bits per heavy atom. The second kappa shape index (κ2) is 3.73. The highest BCUT2D eigenvalue weighted by Crippen LogP contribution is 2.31. The molecule has 16 heavy (non-hydrogen) atoms. The Morgan fingerprint density at radius 2 is 2.31 bits per heavy atom. The van der Waals surface area contributed by atoms with Crippen molar-refractivity contribution in [2.45, 2.75) is 6.10 Å². The van der Waals surface area contributed by atoms with Crippen molar-refractivity contribution in [1.29, 1.82) is 0 Å². The van der Waals surface area contributed by atoms with E-state index in [1.54, 1.807) is 6.07 Å². The lowest BCUT2D eigenvalue weighted by molar-refractivity contribution is -0.383. The van der Waals surface area contributed by atoms with Crippen molar-refractivity contribution in [2.75, 3.05) is 19.8 Å². The number of hydrogen-bond acceptors (Lipinski definition) is 3. The number of quaternary nitrogens is 1. The van der Waals surface area contributed by atoms with Gasteiger partial charge in [0.05, 0.1) is 6.61 Å². The zero-order valence-corrected chi connectivity index (χ0v) is 8.74. The summed E-state index contributed by atoms with van der Waals surface area (Å²) in [5, 5.41) is 0. The minimum atomic E-state index is -0.505. The highest BCUT2D eigenvalue weighted by Gasteiger charge is 2.43. The molecule has 1 aromatic carbocycles. The fraction of sp³-hybridized carbons (Fsp3) is 0.400. The molecule has 0 radical (unpaired) electrons. The van der Waals surface area contributed by atoms with Gasteiger partial charge in [0.2, 0.25) is 0 Å². The number of ether oxygens (including phenoxy) is 1. The number of hydrogen-bond donors (Lipinski definition) is 1. The molecule has 2 aliphatic rings. The summed E-state index contributed by atoms with van der Waals surface area (Å²) < 4.78 is 30.3. The molecule has 1 atom stereocenters. The van der Waals surface area contributed by atoms with Crippen LogP contribution in [0.1, 0.15) is 11.7 Å². The van der Waals surface area contributed by atoms with Crippen LogP contribution in [0.15, 0.2) is 12.1 Å². The Morgan fingerprint density at radius 1 is 1.44 bits per heavy atom. The highest BCUT2D eigenvalue weighted by molar-refractivity contribution is 6.64. The lowest BCUT2D eigenvalue weighted by Gasteiger charge is -2.10. The first kappa shape index (κ1) is 10.1. The summed E-state index contributed by atoms with van der Waals surface area (Å²) in [7, 11) is -0.505. The Hall–Kier alpha value is -1.11. The smallest absolute Gasteiger partial charge is 0.492 e. The van der Waals surface area contributed by atoms with Crippen LogP contribution in [-0.4, -0.2) is 26.9 Å². The molecule has 2 aliphatic heterocycles. The molecular formula is C10H12BFNO3+. The van der Waals surface area contributed by atoms with Crippen LogP contribution in [0.4, 0.5) is 4.39 Å². The van der Waals surface area contributed by atoms with Crippen LogP contribution in [0, 0.1) is 5.82 Å². The second-order valence-electron chi connectivity index (χ2n) is 3.84. The molecule has 2 heterocycles. The molecule has 1 aromatic rings. The quantitative estimate of drug-likeness (QED) is 0.638. The minimum Gasteiger partial charge on any atom is -0.492 e. The number of rotatable bonds is 1. The number of benzene rings is 1. The summed E-state index contributed by atoms with van der Waals surface area (Å²) in [5.41, 5.74) is 5.00. The molecule has 0 spiro atoms. The van der Waals surface area contributed by atoms with Crippen molar-refractivity contribution in [3.8, 4) is 5.75 Å². The van der Waals surface area contributed by atoms with E-state index in [-0.39, 0.29) is 11.9 Å². The van der Waals surface area contributed by atoms with Gasteiger partial charge in [0, 0.05) is 11.0 Å². The molecule has 0 fully saturated rings. The van der Waals surface area contributed by atoms with E-state index < -0.39 is 7.12 Å². The second-order valence-corrected chi connectivity index (χ2v) is 3.84. The predicted molar refractivity (Wildman–Crippen MR) is 54.8 cm³/mol. The molecule has 3 N–H and O–H groups in total. The third-order valence-corrected chi connectivity index (χ3v) is 2.91. The molecular weight excluding hydrogens is 212 g/mol. The molecule has 0 amide bonds. The van der Waals surface area contributed by atoms with Crippen molar-refractivity contribution in [3.05, 3.63) is 23.5 Å². The normalized spacial score (nSPS) is 22.6. The van der Waals surface area contributed by atoms with Crippen molar-refractivity contribution >= 4 is 12.6 Å². The fourth-order valence-electron chi connectivity index (χ4n) is 2.21. The van der Waals surface area contributed by atoms with Gasteiger partial charge in [0.25, 0.3) is 0 Å². The van der Waals surface area contributed by atoms with Gasteiger partial charge in [-0.2, -0.15) is 0 Å². The Kier molecular flexibility index (Phi) is 2.35. The van der Waals surface area contributed by atoms with E-state index in [0.717, 1.165) is 0 Å². The lowest BCUT2D eigenvalue weighted by atomic mass is 9.77. The summed E-state index contributed by atoms with van der Waals surface area (Å²) in [6.07, 6.45) is -0.332. The fourth-order valence-corrected chi connectivity index (χ4v) is 2.21. The number of halogens is 1. The largest absolute Gasteiger partial charge is 0.498 e.